The Balaban J connectivity index is 2.09. The van der Waals surface area contributed by atoms with E-state index in [9.17, 15) is 18.0 Å². The second kappa shape index (κ2) is 15.1. The highest BCUT2D eigenvalue weighted by Gasteiger charge is 2.34. The summed E-state index contributed by atoms with van der Waals surface area (Å²) in [5.41, 5.74) is 1.63. The van der Waals surface area contributed by atoms with Crippen molar-refractivity contribution < 1.29 is 22.7 Å². The number of benzene rings is 3. The summed E-state index contributed by atoms with van der Waals surface area (Å²) in [6.07, 6.45) is 1.94. The molecule has 1 atom stereocenters. The number of ether oxygens (including phenoxy) is 1. The Morgan fingerprint density at radius 3 is 2.29 bits per heavy atom. The first-order valence-corrected chi connectivity index (χ1v) is 15.9. The molecule has 0 fully saturated rings. The molecule has 0 aromatic heterocycles. The predicted molar refractivity (Wildman–Crippen MR) is 164 cm³/mol. The topological polar surface area (TPSA) is 96.0 Å². The molecule has 0 aliphatic rings. The third kappa shape index (κ3) is 9.11. The van der Waals surface area contributed by atoms with Gasteiger partial charge in [-0.1, -0.05) is 78.7 Å². The van der Waals surface area contributed by atoms with Crippen LogP contribution < -0.4 is 14.4 Å². The van der Waals surface area contributed by atoms with Gasteiger partial charge in [-0.05, 0) is 48.7 Å². The quantitative estimate of drug-likeness (QED) is 0.263. The number of sulfonamides is 1. The summed E-state index contributed by atoms with van der Waals surface area (Å²) in [5.74, 6) is -0.614. The molecule has 0 bridgehead atoms. The molecule has 0 heterocycles. The minimum absolute atomic E-state index is 0.0451. The van der Waals surface area contributed by atoms with Crippen molar-refractivity contribution in [3.63, 3.8) is 0 Å². The molecule has 3 aromatic carbocycles. The summed E-state index contributed by atoms with van der Waals surface area (Å²) in [5, 5.41) is 3.65. The largest absolute Gasteiger partial charge is 0.492 e. The predicted octanol–water partition coefficient (Wildman–Crippen LogP) is 5.32. The molecule has 0 saturated heterocycles. The van der Waals surface area contributed by atoms with E-state index in [1.165, 1.54) is 4.90 Å². The van der Waals surface area contributed by atoms with Crippen molar-refractivity contribution >= 4 is 50.7 Å². The number of amides is 2. The monoisotopic (exact) mass is 619 g/mol. The lowest BCUT2D eigenvalue weighted by atomic mass is 10.0. The van der Waals surface area contributed by atoms with E-state index >= 15 is 0 Å². The molecule has 0 spiro atoms. The fraction of sp³-hybridized carbons (Fsp3) is 0.333. The zero-order valence-electron chi connectivity index (χ0n) is 23.3. The van der Waals surface area contributed by atoms with E-state index in [2.05, 4.69) is 5.32 Å². The zero-order valence-corrected chi connectivity index (χ0v) is 25.7. The van der Waals surface area contributed by atoms with Crippen LogP contribution in [0, 0.1) is 0 Å². The fourth-order valence-corrected chi connectivity index (χ4v) is 5.61. The number of halogens is 2. The highest BCUT2D eigenvalue weighted by molar-refractivity contribution is 7.92. The number of nitrogens with zero attached hydrogens (tertiary/aromatic N) is 2. The van der Waals surface area contributed by atoms with Crippen LogP contribution in [0.25, 0.3) is 0 Å². The summed E-state index contributed by atoms with van der Waals surface area (Å²) in [6.45, 7) is 3.85. The Labute approximate surface area is 252 Å². The molecule has 3 aromatic rings. The second-order valence-corrected chi connectivity index (χ2v) is 12.2. The van der Waals surface area contributed by atoms with E-state index in [-0.39, 0.29) is 24.6 Å². The normalized spacial score (nSPS) is 11.9. The zero-order chi connectivity index (χ0) is 30.0. The molecule has 8 nitrogen and oxygen atoms in total. The van der Waals surface area contributed by atoms with E-state index in [4.69, 9.17) is 27.9 Å². The van der Waals surface area contributed by atoms with Crippen molar-refractivity contribution in [1.82, 2.24) is 10.2 Å². The first-order valence-electron chi connectivity index (χ1n) is 13.3. The molecule has 0 aliphatic carbocycles. The first-order chi connectivity index (χ1) is 19.5. The van der Waals surface area contributed by atoms with Crippen LogP contribution in [0.3, 0.4) is 0 Å². The van der Waals surface area contributed by atoms with Crippen molar-refractivity contribution in [3.8, 4) is 5.75 Å². The molecule has 0 aliphatic heterocycles. The minimum atomic E-state index is -3.93. The molecule has 0 saturated carbocycles. The van der Waals surface area contributed by atoms with Crippen molar-refractivity contribution in [2.75, 3.05) is 30.3 Å². The lowest BCUT2D eigenvalue weighted by molar-refractivity contribution is -0.140. The molecule has 1 N–H and O–H groups in total. The Kier molecular flexibility index (Phi) is 11.9. The van der Waals surface area contributed by atoms with Crippen LogP contribution in [-0.4, -0.2) is 57.1 Å². The average Bonchev–Trinajstić information content (AvgIpc) is 2.93. The van der Waals surface area contributed by atoms with Gasteiger partial charge < -0.3 is 15.0 Å². The Hall–Kier alpha value is -3.27. The van der Waals surface area contributed by atoms with Crippen LogP contribution in [0.4, 0.5) is 5.69 Å². The summed E-state index contributed by atoms with van der Waals surface area (Å²) in [7, 11) is -3.93. The maximum absolute atomic E-state index is 14.2. The first kappa shape index (κ1) is 32.2. The summed E-state index contributed by atoms with van der Waals surface area (Å²) in [6, 6.07) is 19.9. The smallest absolute Gasteiger partial charge is 0.244 e. The van der Waals surface area contributed by atoms with Gasteiger partial charge in [0.05, 0.1) is 18.6 Å². The number of hydrogen-bond donors (Lipinski definition) is 1. The molecular formula is C30H35Cl2N3O5S. The summed E-state index contributed by atoms with van der Waals surface area (Å²) < 4.78 is 32.7. The Morgan fingerprint density at radius 2 is 1.66 bits per heavy atom. The van der Waals surface area contributed by atoms with Crippen LogP contribution in [0.15, 0.2) is 72.8 Å². The van der Waals surface area contributed by atoms with Gasteiger partial charge in [0.15, 0.2) is 0 Å². The summed E-state index contributed by atoms with van der Waals surface area (Å²) in [4.78, 5) is 29.1. The van der Waals surface area contributed by atoms with Gasteiger partial charge in [0, 0.05) is 29.6 Å². The van der Waals surface area contributed by atoms with Crippen LogP contribution >= 0.6 is 23.2 Å². The van der Waals surface area contributed by atoms with Gasteiger partial charge in [0.25, 0.3) is 0 Å². The van der Waals surface area contributed by atoms with Gasteiger partial charge in [0.2, 0.25) is 21.8 Å². The van der Waals surface area contributed by atoms with Crippen molar-refractivity contribution in [1.29, 1.82) is 0 Å². The number of hydrogen-bond acceptors (Lipinski definition) is 5. The third-order valence-corrected chi connectivity index (χ3v) is 8.00. The van der Waals surface area contributed by atoms with Gasteiger partial charge in [-0.3, -0.25) is 13.9 Å². The molecule has 0 radical (unpaired) electrons. The minimum Gasteiger partial charge on any atom is -0.492 e. The van der Waals surface area contributed by atoms with E-state index in [1.807, 2.05) is 37.3 Å². The Bertz CT molecular complexity index is 1440. The fourth-order valence-electron chi connectivity index (χ4n) is 4.29. The Morgan fingerprint density at radius 1 is 0.976 bits per heavy atom. The van der Waals surface area contributed by atoms with E-state index in [1.54, 1.807) is 49.4 Å². The molecule has 2 amide bonds. The van der Waals surface area contributed by atoms with Gasteiger partial charge in [-0.25, -0.2) is 8.42 Å². The number of carbonyl (C=O) groups is 2. The molecule has 0 unspecified atom stereocenters. The van der Waals surface area contributed by atoms with Gasteiger partial charge in [-0.2, -0.15) is 0 Å². The lowest BCUT2D eigenvalue weighted by Crippen LogP contribution is -2.53. The number of para-hydroxylation sites is 2. The summed E-state index contributed by atoms with van der Waals surface area (Å²) >= 11 is 12.6. The number of rotatable bonds is 14. The molecule has 11 heteroatoms. The van der Waals surface area contributed by atoms with Gasteiger partial charge >= 0.3 is 0 Å². The molecule has 220 valence electrons. The van der Waals surface area contributed by atoms with Crippen LogP contribution in [0.5, 0.6) is 5.75 Å². The second-order valence-electron chi connectivity index (χ2n) is 9.42. The van der Waals surface area contributed by atoms with Gasteiger partial charge in [-0.15, -0.1) is 0 Å². The van der Waals surface area contributed by atoms with Crippen molar-refractivity contribution in [2.24, 2.45) is 0 Å². The SMILES string of the molecule is CCCNC(=O)[C@@H](Cc1ccccc1)N(Cc1ccc(Cl)cc1Cl)C(=O)CN(c1ccccc1OCC)S(C)(=O)=O. The van der Waals surface area contributed by atoms with E-state index in [0.717, 1.165) is 16.1 Å². The highest BCUT2D eigenvalue weighted by Crippen LogP contribution is 2.31. The number of carbonyl (C=O) groups excluding carboxylic acids is 2. The number of anilines is 1. The lowest BCUT2D eigenvalue weighted by Gasteiger charge is -2.34. The molecule has 41 heavy (non-hydrogen) atoms. The average molecular weight is 621 g/mol. The van der Waals surface area contributed by atoms with Gasteiger partial charge in [0.1, 0.15) is 18.3 Å². The van der Waals surface area contributed by atoms with Crippen molar-refractivity contribution in [3.05, 3.63) is 94.0 Å². The number of nitrogens with one attached hydrogen (secondary N) is 1. The standard InChI is InChI=1S/C30H35Cl2N3O5S/c1-4-17-33-30(37)27(18-22-11-7-6-8-12-22)34(20-23-15-16-24(31)19-25(23)32)29(36)21-35(41(3,38)39)26-13-9-10-14-28(26)40-5-2/h6-16,19,27H,4-5,17-18,20-21H2,1-3H3,(H,33,37)/t27-/m1/s1. The van der Waals surface area contributed by atoms with Crippen molar-refractivity contribution in [2.45, 2.75) is 39.3 Å². The maximum Gasteiger partial charge on any atom is 0.244 e. The van der Waals surface area contributed by atoms with E-state index < -0.39 is 28.5 Å². The van der Waals surface area contributed by atoms with E-state index in [0.29, 0.717) is 40.9 Å². The highest BCUT2D eigenvalue weighted by atomic mass is 35.5. The maximum atomic E-state index is 14.2. The molecular weight excluding hydrogens is 585 g/mol. The molecule has 3 rings (SSSR count). The van der Waals surface area contributed by atoms with Crippen LogP contribution in [-0.2, 0) is 32.6 Å². The van der Waals surface area contributed by atoms with Crippen LogP contribution in [0.2, 0.25) is 10.0 Å². The van der Waals surface area contributed by atoms with Crippen LogP contribution in [0.1, 0.15) is 31.4 Å². The third-order valence-electron chi connectivity index (χ3n) is 6.29.